The predicted octanol–water partition coefficient (Wildman–Crippen LogP) is 2.48. The molecule has 1 aromatic carbocycles. The van der Waals surface area contributed by atoms with Crippen LogP contribution in [0.1, 0.15) is 18.4 Å². The van der Waals surface area contributed by atoms with Gasteiger partial charge in [0.05, 0.1) is 13.2 Å². The highest BCUT2D eigenvalue weighted by Crippen LogP contribution is 2.33. The smallest absolute Gasteiger partial charge is 0.126 e. The molecule has 2 heterocycles. The third-order valence-corrected chi connectivity index (χ3v) is 4.02. The van der Waals surface area contributed by atoms with Crippen molar-refractivity contribution in [2.75, 3.05) is 19.8 Å². The highest BCUT2D eigenvalue weighted by Gasteiger charge is 2.36. The van der Waals surface area contributed by atoms with Gasteiger partial charge in [0.15, 0.2) is 0 Å². The Hall–Kier alpha value is -0.580. The molecule has 2 aliphatic heterocycles. The number of hydrogen-bond donors (Lipinski definition) is 1. The molecule has 1 saturated heterocycles. The first-order valence-electron chi connectivity index (χ1n) is 6.03. The Morgan fingerprint density at radius 1 is 1.24 bits per heavy atom. The average molecular weight is 298 g/mol. The number of fused-ring (bicyclic) bond motifs is 1. The molecule has 0 aromatic heterocycles. The fourth-order valence-corrected chi connectivity index (χ4v) is 2.83. The number of benzene rings is 1. The maximum absolute atomic E-state index is 6.29. The summed E-state index contributed by atoms with van der Waals surface area (Å²) in [7, 11) is 0. The van der Waals surface area contributed by atoms with Crippen LogP contribution < -0.4 is 10.1 Å². The molecule has 0 unspecified atom stereocenters. The Morgan fingerprint density at radius 3 is 2.88 bits per heavy atom. The standard InChI is InChI=1S/C13H16BrNO2/c14-11-2-1-10-8-15-9-13(17-12(10)7-11)3-5-16-6-4-13/h1-2,7,15H,3-6,8-9H2. The van der Waals surface area contributed by atoms with E-state index in [1.165, 1.54) is 5.56 Å². The molecule has 2 aliphatic rings. The van der Waals surface area contributed by atoms with Crippen LogP contribution in [0, 0.1) is 0 Å². The van der Waals surface area contributed by atoms with Gasteiger partial charge in [0, 0.05) is 36.0 Å². The van der Waals surface area contributed by atoms with Gasteiger partial charge in [0.1, 0.15) is 11.4 Å². The number of nitrogens with one attached hydrogen (secondary N) is 1. The Morgan fingerprint density at radius 2 is 2.06 bits per heavy atom. The fourth-order valence-electron chi connectivity index (χ4n) is 2.49. The fraction of sp³-hybridized carbons (Fsp3) is 0.538. The van der Waals surface area contributed by atoms with Crippen molar-refractivity contribution in [1.29, 1.82) is 0 Å². The molecular weight excluding hydrogens is 282 g/mol. The molecule has 0 atom stereocenters. The highest BCUT2D eigenvalue weighted by molar-refractivity contribution is 9.10. The lowest BCUT2D eigenvalue weighted by Crippen LogP contribution is -2.48. The van der Waals surface area contributed by atoms with Gasteiger partial charge in [-0.05, 0) is 12.1 Å². The van der Waals surface area contributed by atoms with E-state index in [9.17, 15) is 0 Å². The zero-order chi connectivity index (χ0) is 11.7. The Bertz CT molecular complexity index is 416. The third-order valence-electron chi connectivity index (χ3n) is 3.52. The molecule has 92 valence electrons. The molecule has 17 heavy (non-hydrogen) atoms. The van der Waals surface area contributed by atoms with Crippen LogP contribution in [0.2, 0.25) is 0 Å². The van der Waals surface area contributed by atoms with Crippen LogP contribution >= 0.6 is 15.9 Å². The quantitative estimate of drug-likeness (QED) is 0.798. The zero-order valence-electron chi connectivity index (χ0n) is 9.67. The van der Waals surface area contributed by atoms with Gasteiger partial charge in [-0.2, -0.15) is 0 Å². The van der Waals surface area contributed by atoms with E-state index in [1.807, 2.05) is 0 Å². The van der Waals surface area contributed by atoms with E-state index in [-0.39, 0.29) is 5.60 Å². The second-order valence-electron chi connectivity index (χ2n) is 4.75. The first-order valence-corrected chi connectivity index (χ1v) is 6.83. The van der Waals surface area contributed by atoms with Crippen molar-refractivity contribution in [3.8, 4) is 5.75 Å². The van der Waals surface area contributed by atoms with Gasteiger partial charge in [-0.1, -0.05) is 22.0 Å². The lowest BCUT2D eigenvalue weighted by molar-refractivity contribution is -0.0420. The summed E-state index contributed by atoms with van der Waals surface area (Å²) < 4.78 is 12.8. The van der Waals surface area contributed by atoms with E-state index < -0.39 is 0 Å². The number of hydrogen-bond acceptors (Lipinski definition) is 3. The van der Waals surface area contributed by atoms with Crippen molar-refractivity contribution in [2.24, 2.45) is 0 Å². The van der Waals surface area contributed by atoms with E-state index in [0.717, 1.165) is 49.4 Å². The van der Waals surface area contributed by atoms with Gasteiger partial charge < -0.3 is 14.8 Å². The molecule has 1 fully saturated rings. The van der Waals surface area contributed by atoms with Crippen LogP contribution in [0.15, 0.2) is 22.7 Å². The van der Waals surface area contributed by atoms with Crippen LogP contribution in [0.5, 0.6) is 5.75 Å². The Balaban J connectivity index is 1.92. The third kappa shape index (κ3) is 2.34. The van der Waals surface area contributed by atoms with Gasteiger partial charge in [-0.15, -0.1) is 0 Å². The highest BCUT2D eigenvalue weighted by atomic mass is 79.9. The molecule has 1 aromatic rings. The molecule has 3 rings (SSSR count). The van der Waals surface area contributed by atoms with E-state index in [1.54, 1.807) is 0 Å². The van der Waals surface area contributed by atoms with Crippen LogP contribution in [0.4, 0.5) is 0 Å². The number of rotatable bonds is 0. The summed E-state index contributed by atoms with van der Waals surface area (Å²) in [5, 5.41) is 3.49. The van der Waals surface area contributed by atoms with Crippen LogP contribution in [-0.2, 0) is 11.3 Å². The van der Waals surface area contributed by atoms with E-state index in [0.29, 0.717) is 0 Å². The normalized spacial score (nSPS) is 22.6. The number of halogens is 1. The van der Waals surface area contributed by atoms with Crippen molar-refractivity contribution in [3.63, 3.8) is 0 Å². The van der Waals surface area contributed by atoms with Crippen molar-refractivity contribution in [3.05, 3.63) is 28.2 Å². The predicted molar refractivity (Wildman–Crippen MR) is 69.3 cm³/mol. The van der Waals surface area contributed by atoms with Crippen LogP contribution in [0.3, 0.4) is 0 Å². The molecule has 0 radical (unpaired) electrons. The Kier molecular flexibility index (Phi) is 3.11. The molecule has 0 bridgehead atoms. The van der Waals surface area contributed by atoms with Gasteiger partial charge >= 0.3 is 0 Å². The van der Waals surface area contributed by atoms with E-state index in [2.05, 4.69) is 39.4 Å². The summed E-state index contributed by atoms with van der Waals surface area (Å²) in [5.74, 6) is 1.01. The minimum absolute atomic E-state index is 0.0791. The van der Waals surface area contributed by atoms with Gasteiger partial charge in [0.25, 0.3) is 0 Å². The largest absolute Gasteiger partial charge is 0.485 e. The second kappa shape index (κ2) is 4.59. The summed E-state index contributed by atoms with van der Waals surface area (Å²) >= 11 is 3.50. The molecular formula is C13H16BrNO2. The summed E-state index contributed by atoms with van der Waals surface area (Å²) in [6, 6.07) is 6.25. The van der Waals surface area contributed by atoms with Gasteiger partial charge in [0.2, 0.25) is 0 Å². The topological polar surface area (TPSA) is 30.5 Å². The number of ether oxygens (including phenoxy) is 2. The van der Waals surface area contributed by atoms with Crippen molar-refractivity contribution >= 4 is 15.9 Å². The summed E-state index contributed by atoms with van der Waals surface area (Å²) in [4.78, 5) is 0. The average Bonchev–Trinajstić information content (AvgIpc) is 2.49. The van der Waals surface area contributed by atoms with Gasteiger partial charge in [-0.3, -0.25) is 0 Å². The SMILES string of the molecule is Brc1ccc2c(c1)OC1(CCOCC1)CNC2. The summed E-state index contributed by atoms with van der Waals surface area (Å²) in [5.41, 5.74) is 1.15. The summed E-state index contributed by atoms with van der Waals surface area (Å²) in [6.45, 7) is 3.38. The molecule has 1 spiro atoms. The molecule has 0 saturated carbocycles. The Labute approximate surface area is 110 Å². The second-order valence-corrected chi connectivity index (χ2v) is 5.67. The van der Waals surface area contributed by atoms with Crippen molar-refractivity contribution in [2.45, 2.75) is 25.0 Å². The maximum Gasteiger partial charge on any atom is 0.126 e. The van der Waals surface area contributed by atoms with Gasteiger partial charge in [-0.25, -0.2) is 0 Å². The monoisotopic (exact) mass is 297 g/mol. The molecule has 1 N–H and O–H groups in total. The summed E-state index contributed by atoms with van der Waals surface area (Å²) in [6.07, 6.45) is 1.93. The molecule has 0 aliphatic carbocycles. The molecule has 3 nitrogen and oxygen atoms in total. The lowest BCUT2D eigenvalue weighted by Gasteiger charge is -2.36. The van der Waals surface area contributed by atoms with Crippen LogP contribution in [-0.4, -0.2) is 25.4 Å². The maximum atomic E-state index is 6.29. The van der Waals surface area contributed by atoms with Crippen molar-refractivity contribution < 1.29 is 9.47 Å². The van der Waals surface area contributed by atoms with Crippen LogP contribution in [0.25, 0.3) is 0 Å². The lowest BCUT2D eigenvalue weighted by atomic mass is 9.94. The molecule has 4 heteroatoms. The van der Waals surface area contributed by atoms with E-state index in [4.69, 9.17) is 9.47 Å². The first-order chi connectivity index (χ1) is 8.27. The molecule has 0 amide bonds. The minimum Gasteiger partial charge on any atom is -0.485 e. The zero-order valence-corrected chi connectivity index (χ0v) is 11.3. The minimum atomic E-state index is -0.0791. The van der Waals surface area contributed by atoms with E-state index >= 15 is 0 Å². The van der Waals surface area contributed by atoms with Crippen molar-refractivity contribution in [1.82, 2.24) is 5.32 Å². The first kappa shape index (κ1) is 11.5.